The van der Waals surface area contributed by atoms with E-state index < -0.39 is 64.2 Å². The van der Waals surface area contributed by atoms with E-state index in [2.05, 4.69) is 26.1 Å². The number of aromatic hydroxyl groups is 2. The maximum absolute atomic E-state index is 13.9. The molecular formula is C26H26N8O10S3. The normalized spacial score (nSPS) is 21.5. The van der Waals surface area contributed by atoms with Gasteiger partial charge < -0.3 is 36.2 Å². The third-order valence-corrected chi connectivity index (χ3v) is 10.8. The predicted molar refractivity (Wildman–Crippen MR) is 163 cm³/mol. The average Bonchev–Trinajstić information content (AvgIpc) is 3.58. The molecule has 6 N–H and O–H groups in total. The molecule has 3 aliphatic heterocycles. The highest BCUT2D eigenvalue weighted by Gasteiger charge is 2.66. The minimum Gasteiger partial charge on any atom is -0.504 e. The van der Waals surface area contributed by atoms with Gasteiger partial charge in [-0.15, -0.1) is 22.0 Å². The number of aromatic nitrogens is 2. The zero-order valence-corrected chi connectivity index (χ0v) is 26.7. The number of urea groups is 1. The van der Waals surface area contributed by atoms with Gasteiger partial charge in [0.1, 0.15) is 22.6 Å². The minimum atomic E-state index is -2.16. The number of amides is 7. The van der Waals surface area contributed by atoms with Crippen molar-refractivity contribution in [2.45, 2.75) is 28.3 Å². The number of carbonyl (C=O) groups excluding carboxylic acids is 6. The van der Waals surface area contributed by atoms with E-state index in [1.54, 1.807) is 6.92 Å². The van der Waals surface area contributed by atoms with Crippen molar-refractivity contribution in [1.29, 1.82) is 0 Å². The molecule has 0 saturated carbocycles. The SMILES string of the molecule is CCN1CCN(C(=O)NC(C(=O)NC2(NC=O)C(=O)N3C(C(=O)O)=C(CSc4nncs4)CSC32)c2ccc(O)c(O)c2)C(=O)C1=O. The Hall–Kier alpha value is -4.89. The second kappa shape index (κ2) is 13.5. The van der Waals surface area contributed by atoms with Crippen molar-refractivity contribution in [2.24, 2.45) is 0 Å². The van der Waals surface area contributed by atoms with Gasteiger partial charge in [-0.1, -0.05) is 29.2 Å². The smallest absolute Gasteiger partial charge is 0.352 e. The van der Waals surface area contributed by atoms with Crippen molar-refractivity contribution < 1.29 is 48.9 Å². The molecule has 47 heavy (non-hydrogen) atoms. The van der Waals surface area contributed by atoms with Crippen LogP contribution < -0.4 is 16.0 Å². The van der Waals surface area contributed by atoms with Crippen LogP contribution in [0.2, 0.25) is 0 Å². The van der Waals surface area contributed by atoms with E-state index in [1.807, 2.05) is 0 Å². The van der Waals surface area contributed by atoms with Gasteiger partial charge in [0.25, 0.3) is 5.91 Å². The van der Waals surface area contributed by atoms with Gasteiger partial charge in [0.15, 0.2) is 15.8 Å². The molecule has 1 aromatic heterocycles. The molecule has 248 valence electrons. The van der Waals surface area contributed by atoms with Gasteiger partial charge in [-0.2, -0.15) is 0 Å². The molecular weight excluding hydrogens is 681 g/mol. The van der Waals surface area contributed by atoms with E-state index in [-0.39, 0.29) is 48.8 Å². The molecule has 0 bridgehead atoms. The molecule has 21 heteroatoms. The molecule has 18 nitrogen and oxygen atoms in total. The van der Waals surface area contributed by atoms with Crippen molar-refractivity contribution in [3.8, 4) is 11.5 Å². The van der Waals surface area contributed by atoms with Crippen molar-refractivity contribution in [2.75, 3.05) is 31.1 Å². The number of benzene rings is 1. The molecule has 0 radical (unpaired) electrons. The Kier molecular flexibility index (Phi) is 9.58. The Morgan fingerprint density at radius 1 is 1.17 bits per heavy atom. The Balaban J connectivity index is 1.42. The largest absolute Gasteiger partial charge is 0.504 e. The van der Waals surface area contributed by atoms with Crippen LogP contribution in [-0.4, -0.2) is 124 Å². The quantitative estimate of drug-likeness (QED) is 0.0409. The Morgan fingerprint density at radius 3 is 2.57 bits per heavy atom. The summed E-state index contributed by atoms with van der Waals surface area (Å²) in [6.07, 6.45) is 0.151. The Morgan fingerprint density at radius 2 is 1.94 bits per heavy atom. The molecule has 7 amide bonds. The van der Waals surface area contributed by atoms with Crippen molar-refractivity contribution in [3.63, 3.8) is 0 Å². The van der Waals surface area contributed by atoms with E-state index in [9.17, 15) is 48.9 Å². The molecule has 0 aliphatic carbocycles. The molecule has 1 aromatic carbocycles. The molecule has 3 aliphatic rings. The lowest BCUT2D eigenvalue weighted by molar-refractivity contribution is -0.163. The van der Waals surface area contributed by atoms with Crippen LogP contribution in [0, 0.1) is 0 Å². The number of phenols is 2. The lowest BCUT2D eigenvalue weighted by Gasteiger charge is -2.56. The summed E-state index contributed by atoms with van der Waals surface area (Å²) in [5.41, 5.74) is -0.690. The van der Waals surface area contributed by atoms with Crippen molar-refractivity contribution >= 4 is 76.9 Å². The zero-order valence-electron chi connectivity index (χ0n) is 24.2. The number of hydrogen-bond donors (Lipinski definition) is 6. The maximum atomic E-state index is 13.9. The fourth-order valence-electron chi connectivity index (χ4n) is 5.14. The summed E-state index contributed by atoms with van der Waals surface area (Å²) in [4.78, 5) is 92.8. The first-order valence-corrected chi connectivity index (χ1v) is 16.6. The fraction of sp³-hybridized carbons (Fsp3) is 0.346. The van der Waals surface area contributed by atoms with Crippen LogP contribution >= 0.6 is 34.9 Å². The summed E-state index contributed by atoms with van der Waals surface area (Å²) in [6, 6.07) is 0.267. The van der Waals surface area contributed by atoms with Gasteiger partial charge >= 0.3 is 23.8 Å². The summed E-state index contributed by atoms with van der Waals surface area (Å²) in [7, 11) is 0. The third-order valence-electron chi connectivity index (χ3n) is 7.47. The highest BCUT2D eigenvalue weighted by atomic mass is 32.2. The van der Waals surface area contributed by atoms with Crippen LogP contribution in [0.3, 0.4) is 0 Å². The average molecular weight is 707 g/mol. The van der Waals surface area contributed by atoms with Crippen LogP contribution in [0.25, 0.3) is 0 Å². The van der Waals surface area contributed by atoms with Crippen molar-refractivity contribution in [1.82, 2.24) is 40.8 Å². The van der Waals surface area contributed by atoms with E-state index in [1.165, 1.54) is 39.6 Å². The van der Waals surface area contributed by atoms with Crippen molar-refractivity contribution in [3.05, 3.63) is 40.5 Å². The first kappa shape index (κ1) is 33.5. The van der Waals surface area contributed by atoms with E-state index in [4.69, 9.17) is 0 Å². The lowest BCUT2D eigenvalue weighted by Crippen LogP contribution is -2.85. The first-order chi connectivity index (χ1) is 22.4. The van der Waals surface area contributed by atoms with E-state index >= 15 is 0 Å². The van der Waals surface area contributed by atoms with Crippen LogP contribution in [0.15, 0.2) is 39.3 Å². The number of nitrogens with zero attached hydrogens (tertiary/aromatic N) is 5. The second-order valence-electron chi connectivity index (χ2n) is 10.1. The number of thioether (sulfide) groups is 2. The Bertz CT molecular complexity index is 1690. The molecule has 2 aromatic rings. The summed E-state index contributed by atoms with van der Waals surface area (Å²) in [5, 5.41) is 43.5. The highest BCUT2D eigenvalue weighted by Crippen LogP contribution is 2.46. The number of nitrogens with one attached hydrogen (secondary N) is 3. The minimum absolute atomic E-state index is 0.0433. The standard InChI is InChI=1S/C26H26N8O10S3/c1-2-32-5-6-33(20(40)19(32)39)24(44)29-16(12-3-4-14(36)15(37)7-12)18(38)30-26(27-10-35)22(43)34-17(21(41)42)13(8-45-23(26)34)9-46-25-31-28-11-47-25/h3-4,7,10-11,16,23,36-37H,2,5-6,8-9H2,1H3,(H,27,35)(H,29,44)(H,30,38)(H,41,42). The number of piperazine rings is 1. The van der Waals surface area contributed by atoms with Gasteiger partial charge in [-0.3, -0.25) is 33.8 Å². The third kappa shape index (κ3) is 6.15. The Labute approximate surface area is 277 Å². The summed E-state index contributed by atoms with van der Waals surface area (Å²) in [5.74, 6) is -6.51. The van der Waals surface area contributed by atoms with E-state index in [0.29, 0.717) is 14.8 Å². The van der Waals surface area contributed by atoms with Crippen LogP contribution in [0.1, 0.15) is 18.5 Å². The number of fused-ring (bicyclic) bond motifs is 1. The fourth-order valence-corrected chi connectivity index (χ4v) is 8.19. The number of carboxylic acid groups (broad SMARTS) is 1. The van der Waals surface area contributed by atoms with Gasteiger partial charge in [-0.25, -0.2) is 9.59 Å². The zero-order chi connectivity index (χ0) is 34.0. The number of imide groups is 1. The number of rotatable bonds is 11. The molecule has 2 saturated heterocycles. The molecule has 4 heterocycles. The summed E-state index contributed by atoms with van der Waals surface area (Å²) in [6.45, 7) is 1.74. The second-order valence-corrected chi connectivity index (χ2v) is 13.2. The molecule has 3 unspecified atom stereocenters. The van der Waals surface area contributed by atoms with Crippen LogP contribution in [0.5, 0.6) is 11.5 Å². The van der Waals surface area contributed by atoms with E-state index in [0.717, 1.165) is 28.8 Å². The first-order valence-electron chi connectivity index (χ1n) is 13.7. The molecule has 0 spiro atoms. The number of β-lactam (4-membered cyclic amide) rings is 1. The maximum Gasteiger partial charge on any atom is 0.352 e. The van der Waals surface area contributed by atoms with Gasteiger partial charge in [0.05, 0.1) is 0 Å². The molecule has 5 rings (SSSR count). The highest BCUT2D eigenvalue weighted by molar-refractivity contribution is 8.01. The van der Waals surface area contributed by atoms with Gasteiger partial charge in [0, 0.05) is 31.1 Å². The predicted octanol–water partition coefficient (Wildman–Crippen LogP) is -1.00. The molecule has 3 atom stereocenters. The van der Waals surface area contributed by atoms with Gasteiger partial charge in [-0.05, 0) is 30.2 Å². The number of aliphatic carboxylic acids is 1. The number of likely N-dealkylation sites (N-methyl/N-ethyl adjacent to an activating group) is 1. The topological polar surface area (TPSA) is 252 Å². The number of hydrogen-bond acceptors (Lipinski definition) is 14. The monoisotopic (exact) mass is 706 g/mol. The number of carbonyl (C=O) groups is 7. The summed E-state index contributed by atoms with van der Waals surface area (Å²) >= 11 is 3.55. The molecule has 2 fully saturated rings. The number of phenolic OH excluding ortho intramolecular Hbond substituents is 2. The lowest BCUT2D eigenvalue weighted by atomic mass is 9.94. The van der Waals surface area contributed by atoms with Crippen LogP contribution in [-0.2, 0) is 28.8 Å². The summed E-state index contributed by atoms with van der Waals surface area (Å²) < 4.78 is 0.584. The number of carboxylic acids is 1. The van der Waals surface area contributed by atoms with Gasteiger partial charge in [0.2, 0.25) is 18.0 Å². The van der Waals surface area contributed by atoms with Crippen LogP contribution in [0.4, 0.5) is 4.79 Å².